The van der Waals surface area contributed by atoms with E-state index in [9.17, 15) is 4.79 Å². The average molecular weight is 315 g/mol. The van der Waals surface area contributed by atoms with Crippen molar-refractivity contribution in [2.45, 2.75) is 0 Å². The SMILES string of the molecule is COc1cccc(NC(=O)c2ccc(NCCN(C)C)nn2)c1. The molecule has 0 atom stereocenters. The summed E-state index contributed by atoms with van der Waals surface area (Å²) in [6, 6.07) is 10.5. The fourth-order valence-electron chi connectivity index (χ4n) is 1.85. The molecule has 7 heteroatoms. The van der Waals surface area contributed by atoms with Crippen molar-refractivity contribution in [2.75, 3.05) is 44.9 Å². The molecule has 1 heterocycles. The van der Waals surface area contributed by atoms with Crippen LogP contribution in [0.3, 0.4) is 0 Å². The minimum Gasteiger partial charge on any atom is -0.497 e. The molecule has 1 amide bonds. The summed E-state index contributed by atoms with van der Waals surface area (Å²) in [5.74, 6) is 1.00. The summed E-state index contributed by atoms with van der Waals surface area (Å²) < 4.78 is 5.12. The van der Waals surface area contributed by atoms with E-state index in [1.165, 1.54) is 0 Å². The lowest BCUT2D eigenvalue weighted by Gasteiger charge is -2.10. The van der Waals surface area contributed by atoms with E-state index in [-0.39, 0.29) is 11.6 Å². The zero-order valence-corrected chi connectivity index (χ0v) is 13.5. The molecule has 1 aromatic heterocycles. The summed E-state index contributed by atoms with van der Waals surface area (Å²) in [7, 11) is 5.58. The van der Waals surface area contributed by atoms with Gasteiger partial charge in [0.2, 0.25) is 0 Å². The van der Waals surface area contributed by atoms with Crippen molar-refractivity contribution >= 4 is 17.4 Å². The fourth-order valence-corrected chi connectivity index (χ4v) is 1.85. The van der Waals surface area contributed by atoms with Crippen LogP contribution in [-0.2, 0) is 0 Å². The van der Waals surface area contributed by atoms with E-state index in [1.54, 1.807) is 37.4 Å². The number of methoxy groups -OCH3 is 1. The zero-order chi connectivity index (χ0) is 16.7. The molecule has 0 unspecified atom stereocenters. The van der Waals surface area contributed by atoms with E-state index in [0.717, 1.165) is 13.1 Å². The van der Waals surface area contributed by atoms with E-state index in [4.69, 9.17) is 4.74 Å². The quantitative estimate of drug-likeness (QED) is 0.810. The standard InChI is InChI=1S/C16H21N5O2/c1-21(2)10-9-17-15-8-7-14(19-20-15)16(22)18-12-5-4-6-13(11-12)23-3/h4-8,11H,9-10H2,1-3H3,(H,17,20)(H,18,22). The molecule has 23 heavy (non-hydrogen) atoms. The first-order valence-electron chi connectivity index (χ1n) is 7.26. The number of hydrogen-bond donors (Lipinski definition) is 2. The first-order chi connectivity index (χ1) is 11.1. The van der Waals surface area contributed by atoms with Gasteiger partial charge in [-0.2, -0.15) is 0 Å². The van der Waals surface area contributed by atoms with Gasteiger partial charge in [0.05, 0.1) is 7.11 Å². The number of ether oxygens (including phenoxy) is 1. The molecule has 0 saturated carbocycles. The number of nitrogens with zero attached hydrogens (tertiary/aromatic N) is 3. The molecule has 0 fully saturated rings. The molecule has 0 saturated heterocycles. The fraction of sp³-hybridized carbons (Fsp3) is 0.312. The average Bonchev–Trinajstić information content (AvgIpc) is 2.55. The Morgan fingerprint density at radius 2 is 2.04 bits per heavy atom. The van der Waals surface area contributed by atoms with Gasteiger partial charge < -0.3 is 20.3 Å². The highest BCUT2D eigenvalue weighted by molar-refractivity contribution is 6.02. The van der Waals surface area contributed by atoms with Gasteiger partial charge in [0.15, 0.2) is 5.69 Å². The van der Waals surface area contributed by atoms with E-state index in [0.29, 0.717) is 17.3 Å². The third-order valence-corrected chi connectivity index (χ3v) is 3.09. The minimum atomic E-state index is -0.314. The number of carbonyl (C=O) groups is 1. The van der Waals surface area contributed by atoms with Crippen molar-refractivity contribution in [3.05, 3.63) is 42.1 Å². The van der Waals surface area contributed by atoms with E-state index >= 15 is 0 Å². The summed E-state index contributed by atoms with van der Waals surface area (Å²) in [5, 5.41) is 13.9. The molecule has 0 spiro atoms. The Morgan fingerprint density at radius 1 is 1.22 bits per heavy atom. The van der Waals surface area contributed by atoms with Gasteiger partial charge in [0, 0.05) is 24.8 Å². The van der Waals surface area contributed by atoms with Crippen LogP contribution in [0.4, 0.5) is 11.5 Å². The molecule has 0 radical (unpaired) electrons. The third-order valence-electron chi connectivity index (χ3n) is 3.09. The van der Waals surface area contributed by atoms with Gasteiger partial charge in [-0.25, -0.2) is 0 Å². The first kappa shape index (κ1) is 16.7. The molecule has 2 aromatic rings. The molecular weight excluding hydrogens is 294 g/mol. The van der Waals surface area contributed by atoms with Gasteiger partial charge in [0.25, 0.3) is 5.91 Å². The summed E-state index contributed by atoms with van der Waals surface area (Å²) in [6.07, 6.45) is 0. The van der Waals surface area contributed by atoms with Crippen LogP contribution in [0.25, 0.3) is 0 Å². The number of rotatable bonds is 7. The lowest BCUT2D eigenvalue weighted by atomic mass is 10.3. The maximum absolute atomic E-state index is 12.1. The van der Waals surface area contributed by atoms with Crippen molar-refractivity contribution in [3.63, 3.8) is 0 Å². The van der Waals surface area contributed by atoms with Gasteiger partial charge in [-0.1, -0.05) is 6.07 Å². The Balaban J connectivity index is 1.94. The molecule has 2 N–H and O–H groups in total. The topological polar surface area (TPSA) is 79.4 Å². The summed E-state index contributed by atoms with van der Waals surface area (Å²) in [6.45, 7) is 1.65. The monoisotopic (exact) mass is 315 g/mol. The number of benzene rings is 1. The van der Waals surface area contributed by atoms with Gasteiger partial charge in [0.1, 0.15) is 11.6 Å². The number of anilines is 2. The van der Waals surface area contributed by atoms with Crippen molar-refractivity contribution < 1.29 is 9.53 Å². The van der Waals surface area contributed by atoms with Crippen molar-refractivity contribution in [2.24, 2.45) is 0 Å². The number of amides is 1. The van der Waals surface area contributed by atoms with E-state index in [2.05, 4.69) is 25.7 Å². The Kier molecular flexibility index (Phi) is 5.87. The Morgan fingerprint density at radius 3 is 2.70 bits per heavy atom. The van der Waals surface area contributed by atoms with E-state index in [1.807, 2.05) is 20.2 Å². The molecule has 0 aliphatic heterocycles. The molecular formula is C16H21N5O2. The molecule has 1 aromatic carbocycles. The van der Waals surface area contributed by atoms with Crippen LogP contribution in [0.15, 0.2) is 36.4 Å². The molecule has 7 nitrogen and oxygen atoms in total. The lowest BCUT2D eigenvalue weighted by molar-refractivity contribution is 0.102. The molecule has 0 bridgehead atoms. The molecule has 0 aliphatic rings. The number of likely N-dealkylation sites (N-methyl/N-ethyl adjacent to an activating group) is 1. The third kappa shape index (κ3) is 5.23. The first-order valence-corrected chi connectivity index (χ1v) is 7.26. The maximum atomic E-state index is 12.1. The molecule has 0 aliphatic carbocycles. The van der Waals surface area contributed by atoms with Crippen molar-refractivity contribution in [3.8, 4) is 5.75 Å². The number of nitrogens with one attached hydrogen (secondary N) is 2. The van der Waals surface area contributed by atoms with Gasteiger partial charge in [-0.05, 0) is 38.4 Å². The minimum absolute atomic E-state index is 0.256. The van der Waals surface area contributed by atoms with Crippen molar-refractivity contribution in [1.29, 1.82) is 0 Å². The predicted octanol–water partition coefficient (Wildman–Crippen LogP) is 1.71. The molecule has 2 rings (SSSR count). The zero-order valence-electron chi connectivity index (χ0n) is 13.5. The summed E-state index contributed by atoms with van der Waals surface area (Å²) in [5.41, 5.74) is 0.898. The van der Waals surface area contributed by atoms with Crippen LogP contribution in [-0.4, -0.2) is 55.3 Å². The van der Waals surface area contributed by atoms with E-state index < -0.39 is 0 Å². The normalized spacial score (nSPS) is 10.4. The second kappa shape index (κ2) is 8.09. The second-order valence-corrected chi connectivity index (χ2v) is 5.22. The van der Waals surface area contributed by atoms with Gasteiger partial charge in [-0.15, -0.1) is 10.2 Å². The highest BCUT2D eigenvalue weighted by Gasteiger charge is 2.09. The largest absolute Gasteiger partial charge is 0.497 e. The Bertz CT molecular complexity index is 643. The van der Waals surface area contributed by atoms with Crippen LogP contribution < -0.4 is 15.4 Å². The van der Waals surface area contributed by atoms with Crippen LogP contribution in [0, 0.1) is 0 Å². The molecule has 122 valence electrons. The van der Waals surface area contributed by atoms with Crippen LogP contribution in [0.2, 0.25) is 0 Å². The number of aromatic nitrogens is 2. The predicted molar refractivity (Wildman–Crippen MR) is 90.0 cm³/mol. The maximum Gasteiger partial charge on any atom is 0.276 e. The highest BCUT2D eigenvalue weighted by atomic mass is 16.5. The smallest absolute Gasteiger partial charge is 0.276 e. The summed E-state index contributed by atoms with van der Waals surface area (Å²) in [4.78, 5) is 14.2. The highest BCUT2D eigenvalue weighted by Crippen LogP contribution is 2.17. The Labute approximate surface area is 135 Å². The second-order valence-electron chi connectivity index (χ2n) is 5.22. The van der Waals surface area contributed by atoms with Gasteiger partial charge >= 0.3 is 0 Å². The lowest BCUT2D eigenvalue weighted by Crippen LogP contribution is -2.21. The van der Waals surface area contributed by atoms with Crippen LogP contribution >= 0.6 is 0 Å². The number of carbonyl (C=O) groups excluding carboxylic acids is 1. The van der Waals surface area contributed by atoms with Crippen LogP contribution in [0.5, 0.6) is 5.75 Å². The summed E-state index contributed by atoms with van der Waals surface area (Å²) >= 11 is 0. The Hall–Kier alpha value is -2.67. The number of hydrogen-bond acceptors (Lipinski definition) is 6. The van der Waals surface area contributed by atoms with Gasteiger partial charge in [-0.3, -0.25) is 4.79 Å². The van der Waals surface area contributed by atoms with Crippen LogP contribution in [0.1, 0.15) is 10.5 Å². The van der Waals surface area contributed by atoms with Crippen molar-refractivity contribution in [1.82, 2.24) is 15.1 Å².